The van der Waals surface area contributed by atoms with Crippen molar-refractivity contribution >= 4 is 0 Å². The highest BCUT2D eigenvalue weighted by molar-refractivity contribution is 4.90. The lowest BCUT2D eigenvalue weighted by Gasteiger charge is -2.41. The van der Waals surface area contributed by atoms with E-state index in [4.69, 9.17) is 0 Å². The molecule has 3 heteroatoms. The molecule has 1 aromatic rings. The van der Waals surface area contributed by atoms with E-state index < -0.39 is 0 Å². The van der Waals surface area contributed by atoms with Gasteiger partial charge in [-0.05, 0) is 19.9 Å². The fourth-order valence-corrected chi connectivity index (χ4v) is 1.57. The van der Waals surface area contributed by atoms with Crippen LogP contribution in [0.4, 0.5) is 0 Å². The summed E-state index contributed by atoms with van der Waals surface area (Å²) in [5.41, 5.74) is 0. The first-order valence-corrected chi connectivity index (χ1v) is 6.50. The molecule has 0 aliphatic carbocycles. The third-order valence-corrected chi connectivity index (χ3v) is 2.52. The van der Waals surface area contributed by atoms with E-state index in [2.05, 4.69) is 28.5 Å². The SMILES string of the molecule is CC.CC.CC(C)N1CC(n2cccn2)C1. The Kier molecular flexibility index (Phi) is 7.90. The predicted molar refractivity (Wildman–Crippen MR) is 70.7 cm³/mol. The van der Waals surface area contributed by atoms with Crippen molar-refractivity contribution in [3.63, 3.8) is 0 Å². The van der Waals surface area contributed by atoms with E-state index in [1.54, 1.807) is 0 Å². The molecule has 0 radical (unpaired) electrons. The van der Waals surface area contributed by atoms with Crippen molar-refractivity contribution in [2.45, 2.75) is 53.6 Å². The Labute approximate surface area is 100 Å². The van der Waals surface area contributed by atoms with Crippen molar-refractivity contribution in [1.82, 2.24) is 14.7 Å². The van der Waals surface area contributed by atoms with Gasteiger partial charge in [-0.15, -0.1) is 0 Å². The highest BCUT2D eigenvalue weighted by atomic mass is 15.4. The number of hydrogen-bond acceptors (Lipinski definition) is 2. The van der Waals surface area contributed by atoms with Crippen LogP contribution in [0.5, 0.6) is 0 Å². The van der Waals surface area contributed by atoms with E-state index in [9.17, 15) is 0 Å². The summed E-state index contributed by atoms with van der Waals surface area (Å²) in [4.78, 5) is 2.45. The zero-order chi connectivity index (χ0) is 12.6. The minimum atomic E-state index is 0.613. The monoisotopic (exact) mass is 225 g/mol. The first-order chi connectivity index (χ1) is 7.77. The summed E-state index contributed by atoms with van der Waals surface area (Å²) in [6, 6.07) is 3.28. The molecule has 0 spiro atoms. The van der Waals surface area contributed by atoms with E-state index in [0.29, 0.717) is 12.1 Å². The summed E-state index contributed by atoms with van der Waals surface area (Å²) in [5, 5.41) is 4.22. The van der Waals surface area contributed by atoms with Crippen LogP contribution >= 0.6 is 0 Å². The summed E-state index contributed by atoms with van der Waals surface area (Å²) in [5.74, 6) is 0. The number of aromatic nitrogens is 2. The van der Waals surface area contributed by atoms with Crippen molar-refractivity contribution in [2.75, 3.05) is 13.1 Å². The van der Waals surface area contributed by atoms with E-state index >= 15 is 0 Å². The maximum absolute atomic E-state index is 4.22. The minimum Gasteiger partial charge on any atom is -0.297 e. The summed E-state index contributed by atoms with van der Waals surface area (Å²) >= 11 is 0. The first-order valence-electron chi connectivity index (χ1n) is 6.50. The van der Waals surface area contributed by atoms with Crippen molar-refractivity contribution in [3.05, 3.63) is 18.5 Å². The van der Waals surface area contributed by atoms with E-state index in [1.807, 2.05) is 46.2 Å². The van der Waals surface area contributed by atoms with Crippen molar-refractivity contribution < 1.29 is 0 Å². The van der Waals surface area contributed by atoms with E-state index in [0.717, 1.165) is 13.1 Å². The van der Waals surface area contributed by atoms with Gasteiger partial charge >= 0.3 is 0 Å². The molecule has 1 aliphatic rings. The highest BCUT2D eigenvalue weighted by Gasteiger charge is 2.29. The zero-order valence-electron chi connectivity index (χ0n) is 11.6. The molecule has 2 rings (SSSR count). The first kappa shape index (κ1) is 15.2. The van der Waals surface area contributed by atoms with Crippen molar-refractivity contribution in [2.24, 2.45) is 0 Å². The van der Waals surface area contributed by atoms with Crippen LogP contribution in [0, 0.1) is 0 Å². The highest BCUT2D eigenvalue weighted by Crippen LogP contribution is 2.21. The third-order valence-electron chi connectivity index (χ3n) is 2.52. The van der Waals surface area contributed by atoms with Gasteiger partial charge in [-0.1, -0.05) is 27.7 Å². The second kappa shape index (κ2) is 8.34. The Balaban J connectivity index is 0.000000509. The molecule has 0 amide bonds. The van der Waals surface area contributed by atoms with E-state index in [1.165, 1.54) is 0 Å². The fraction of sp³-hybridized carbons (Fsp3) is 0.769. The van der Waals surface area contributed by atoms with Gasteiger partial charge in [-0.25, -0.2) is 0 Å². The molecule has 0 saturated carbocycles. The summed E-state index contributed by atoms with van der Waals surface area (Å²) in [7, 11) is 0. The van der Waals surface area contributed by atoms with Crippen LogP contribution in [-0.4, -0.2) is 33.8 Å². The Bertz CT molecular complexity index is 236. The van der Waals surface area contributed by atoms with Gasteiger partial charge in [0, 0.05) is 31.5 Å². The zero-order valence-corrected chi connectivity index (χ0v) is 11.6. The number of hydrogen-bond donors (Lipinski definition) is 0. The molecule has 1 saturated heterocycles. The molecule has 0 aromatic carbocycles. The average Bonchev–Trinajstić information content (AvgIpc) is 2.74. The molecule has 3 nitrogen and oxygen atoms in total. The van der Waals surface area contributed by atoms with Gasteiger partial charge in [0.05, 0.1) is 6.04 Å². The molecule has 94 valence electrons. The van der Waals surface area contributed by atoms with Gasteiger partial charge in [0.2, 0.25) is 0 Å². The Morgan fingerprint density at radius 3 is 2.06 bits per heavy atom. The van der Waals surface area contributed by atoms with Crippen molar-refractivity contribution in [1.29, 1.82) is 0 Å². The maximum Gasteiger partial charge on any atom is 0.0772 e. The van der Waals surface area contributed by atoms with E-state index in [-0.39, 0.29) is 0 Å². The van der Waals surface area contributed by atoms with Gasteiger partial charge in [0.25, 0.3) is 0 Å². The summed E-state index contributed by atoms with van der Waals surface area (Å²) in [6.07, 6.45) is 3.89. The van der Waals surface area contributed by atoms with Crippen LogP contribution in [0.15, 0.2) is 18.5 Å². The van der Waals surface area contributed by atoms with Gasteiger partial charge in [0.15, 0.2) is 0 Å². The summed E-state index contributed by atoms with van der Waals surface area (Å²) < 4.78 is 2.05. The lowest BCUT2D eigenvalue weighted by atomic mass is 10.1. The quantitative estimate of drug-likeness (QED) is 0.770. The molecule has 16 heavy (non-hydrogen) atoms. The molecule has 0 unspecified atom stereocenters. The topological polar surface area (TPSA) is 21.1 Å². The van der Waals surface area contributed by atoms with Gasteiger partial charge in [-0.2, -0.15) is 5.10 Å². The van der Waals surface area contributed by atoms with Crippen LogP contribution in [0.3, 0.4) is 0 Å². The number of rotatable bonds is 2. The molecular weight excluding hydrogens is 198 g/mol. The van der Waals surface area contributed by atoms with Crippen LogP contribution < -0.4 is 0 Å². The largest absolute Gasteiger partial charge is 0.297 e. The average molecular weight is 225 g/mol. The standard InChI is InChI=1S/C9H15N3.2C2H6/c1-8(2)11-6-9(7-11)12-5-3-4-10-12;2*1-2/h3-5,8-9H,6-7H2,1-2H3;2*1-2H3. The normalized spacial score (nSPS) is 15.7. The smallest absolute Gasteiger partial charge is 0.0772 e. The Morgan fingerprint density at radius 1 is 1.12 bits per heavy atom. The molecule has 2 heterocycles. The van der Waals surface area contributed by atoms with Crippen LogP contribution in [0.1, 0.15) is 47.6 Å². The second-order valence-electron chi connectivity index (χ2n) is 3.69. The number of nitrogens with zero attached hydrogens (tertiary/aromatic N) is 3. The Hall–Kier alpha value is -0.830. The van der Waals surface area contributed by atoms with Gasteiger partial charge in [-0.3, -0.25) is 9.58 Å². The molecule has 1 fully saturated rings. The molecule has 1 aromatic heterocycles. The minimum absolute atomic E-state index is 0.613. The summed E-state index contributed by atoms with van der Waals surface area (Å²) in [6.45, 7) is 14.8. The number of likely N-dealkylation sites (tertiary alicyclic amines) is 1. The van der Waals surface area contributed by atoms with Crippen LogP contribution in [-0.2, 0) is 0 Å². The second-order valence-corrected chi connectivity index (χ2v) is 3.69. The van der Waals surface area contributed by atoms with Crippen molar-refractivity contribution in [3.8, 4) is 0 Å². The maximum atomic E-state index is 4.22. The van der Waals surface area contributed by atoms with Crippen LogP contribution in [0.2, 0.25) is 0 Å². The van der Waals surface area contributed by atoms with Gasteiger partial charge in [0.1, 0.15) is 0 Å². The third kappa shape index (κ3) is 3.97. The predicted octanol–water partition coefficient (Wildman–Crippen LogP) is 3.20. The molecule has 0 atom stereocenters. The fourth-order valence-electron chi connectivity index (χ4n) is 1.57. The lowest BCUT2D eigenvalue weighted by Crippen LogP contribution is -2.50. The lowest BCUT2D eigenvalue weighted by molar-refractivity contribution is 0.0675. The van der Waals surface area contributed by atoms with Crippen LogP contribution in [0.25, 0.3) is 0 Å². The molecule has 0 bridgehead atoms. The van der Waals surface area contributed by atoms with Gasteiger partial charge < -0.3 is 0 Å². The molecular formula is C13H27N3. The molecule has 1 aliphatic heterocycles. The molecule has 0 N–H and O–H groups in total. The Morgan fingerprint density at radius 2 is 1.69 bits per heavy atom.